The molecule has 1 aromatic heterocycles. The molecule has 0 aliphatic carbocycles. The number of rotatable bonds is 7. The van der Waals surface area contributed by atoms with E-state index in [-0.39, 0.29) is 12.5 Å². The number of anilines is 1. The Labute approximate surface area is 184 Å². The summed E-state index contributed by atoms with van der Waals surface area (Å²) in [5.41, 5.74) is 3.34. The second-order valence-corrected chi connectivity index (χ2v) is 7.55. The zero-order chi connectivity index (χ0) is 23.4. The van der Waals surface area contributed by atoms with E-state index in [9.17, 15) is 19.2 Å². The highest BCUT2D eigenvalue weighted by Crippen LogP contribution is 2.19. The molecule has 3 rings (SSSR count). The van der Waals surface area contributed by atoms with E-state index in [1.54, 1.807) is 24.3 Å². The van der Waals surface area contributed by atoms with Crippen LogP contribution in [0.5, 0.6) is 0 Å². The highest BCUT2D eigenvalue weighted by molar-refractivity contribution is 5.96. The lowest BCUT2D eigenvalue weighted by molar-refractivity contribution is -0.154. The molecule has 1 N–H and O–H groups in total. The van der Waals surface area contributed by atoms with Gasteiger partial charge in [0.2, 0.25) is 5.91 Å². The molecule has 0 radical (unpaired) electrons. The summed E-state index contributed by atoms with van der Waals surface area (Å²) >= 11 is 0. The molecule has 0 aliphatic rings. The van der Waals surface area contributed by atoms with Crippen molar-refractivity contribution in [3.05, 3.63) is 64.1 Å². The number of esters is 1. The van der Waals surface area contributed by atoms with Gasteiger partial charge in [-0.05, 0) is 44.0 Å². The third kappa shape index (κ3) is 4.88. The summed E-state index contributed by atoms with van der Waals surface area (Å²) in [5.74, 6) is -2.37. The molecular formula is C23H25N3O6. The lowest BCUT2D eigenvalue weighted by Gasteiger charge is -2.19. The van der Waals surface area contributed by atoms with Crippen LogP contribution in [0, 0.1) is 13.8 Å². The van der Waals surface area contributed by atoms with Crippen LogP contribution in [0.15, 0.2) is 51.7 Å². The van der Waals surface area contributed by atoms with Crippen molar-refractivity contribution < 1.29 is 23.5 Å². The highest BCUT2D eigenvalue weighted by Gasteiger charge is 2.24. The summed E-state index contributed by atoms with van der Waals surface area (Å²) in [6, 6.07) is 11.4. The number of benzene rings is 2. The van der Waals surface area contributed by atoms with Crippen LogP contribution in [0.4, 0.5) is 5.69 Å². The molecule has 0 spiro atoms. The number of aromatic nitrogens is 1. The number of carbonyl (C=O) groups is 3. The Balaban J connectivity index is 1.56. The Morgan fingerprint density at radius 1 is 1.09 bits per heavy atom. The van der Waals surface area contributed by atoms with Crippen molar-refractivity contribution >= 4 is 34.6 Å². The Bertz CT molecular complexity index is 1210. The van der Waals surface area contributed by atoms with Gasteiger partial charge in [-0.3, -0.25) is 14.2 Å². The van der Waals surface area contributed by atoms with Crippen LogP contribution < -0.4 is 11.1 Å². The molecule has 9 nitrogen and oxygen atoms in total. The van der Waals surface area contributed by atoms with Gasteiger partial charge in [0.25, 0.3) is 5.91 Å². The van der Waals surface area contributed by atoms with E-state index in [4.69, 9.17) is 9.15 Å². The van der Waals surface area contributed by atoms with Gasteiger partial charge in [-0.25, -0.2) is 9.59 Å². The lowest BCUT2D eigenvalue weighted by atomic mass is 10.1. The topological polar surface area (TPSA) is 111 Å². The quantitative estimate of drug-likeness (QED) is 0.566. The number of para-hydroxylation sites is 3. The van der Waals surface area contributed by atoms with Crippen molar-refractivity contribution in [2.75, 3.05) is 25.5 Å². The van der Waals surface area contributed by atoms with Crippen molar-refractivity contribution in [2.24, 2.45) is 0 Å². The summed E-state index contributed by atoms with van der Waals surface area (Å²) in [4.78, 5) is 50.4. The minimum Gasteiger partial charge on any atom is -0.454 e. The number of amides is 2. The molecule has 0 aliphatic heterocycles. The van der Waals surface area contributed by atoms with E-state index >= 15 is 0 Å². The molecule has 168 valence electrons. The normalized spacial score (nSPS) is 11.8. The molecule has 1 atom stereocenters. The third-order valence-electron chi connectivity index (χ3n) is 5.14. The molecule has 2 aromatic carbocycles. The monoisotopic (exact) mass is 439 g/mol. The van der Waals surface area contributed by atoms with E-state index in [1.165, 1.54) is 23.4 Å². The van der Waals surface area contributed by atoms with Gasteiger partial charge in [0.15, 0.2) is 12.2 Å². The third-order valence-corrected chi connectivity index (χ3v) is 5.14. The summed E-state index contributed by atoms with van der Waals surface area (Å²) in [6.07, 6.45) is 0. The standard InChI is InChI=1S/C23H25N3O6/c1-14-8-7-9-15(2)21(14)24-19(27)12-25(4)20(28)13-31-22(29)16(3)26-17-10-5-6-11-18(17)32-23(26)30/h5-11,16H,12-13H2,1-4H3,(H,24,27). The number of fused-ring (bicyclic) bond motifs is 1. The number of nitrogens with zero attached hydrogens (tertiary/aromatic N) is 2. The highest BCUT2D eigenvalue weighted by atomic mass is 16.5. The van der Waals surface area contributed by atoms with Crippen molar-refractivity contribution in [2.45, 2.75) is 26.8 Å². The van der Waals surface area contributed by atoms with E-state index in [0.29, 0.717) is 16.8 Å². The SMILES string of the molecule is Cc1cccc(C)c1NC(=O)CN(C)C(=O)COC(=O)C(C)n1c(=O)oc2ccccc21. The molecule has 32 heavy (non-hydrogen) atoms. The predicted molar refractivity (Wildman–Crippen MR) is 118 cm³/mol. The van der Waals surface area contributed by atoms with Crippen LogP contribution in [0.1, 0.15) is 24.1 Å². The summed E-state index contributed by atoms with van der Waals surface area (Å²) in [5, 5.41) is 2.80. The minimum absolute atomic E-state index is 0.203. The van der Waals surface area contributed by atoms with Crippen molar-refractivity contribution in [1.29, 1.82) is 0 Å². The number of aryl methyl sites for hydroxylation is 2. The van der Waals surface area contributed by atoms with Gasteiger partial charge in [0.05, 0.1) is 12.1 Å². The zero-order valence-corrected chi connectivity index (χ0v) is 18.4. The molecule has 0 bridgehead atoms. The first-order valence-electron chi connectivity index (χ1n) is 10.1. The number of hydrogen-bond acceptors (Lipinski definition) is 6. The van der Waals surface area contributed by atoms with Crippen molar-refractivity contribution in [3.8, 4) is 0 Å². The summed E-state index contributed by atoms with van der Waals surface area (Å²) in [7, 11) is 1.44. The Kier molecular flexibility index (Phi) is 6.77. The molecule has 1 heterocycles. The van der Waals surface area contributed by atoms with Crippen LogP contribution >= 0.6 is 0 Å². The second-order valence-electron chi connectivity index (χ2n) is 7.55. The van der Waals surface area contributed by atoms with E-state index < -0.39 is 30.3 Å². The van der Waals surface area contributed by atoms with E-state index in [0.717, 1.165) is 11.1 Å². The van der Waals surface area contributed by atoms with Crippen molar-refractivity contribution in [1.82, 2.24) is 9.47 Å². The van der Waals surface area contributed by atoms with Gasteiger partial charge >= 0.3 is 11.7 Å². The Morgan fingerprint density at radius 2 is 1.75 bits per heavy atom. The fourth-order valence-corrected chi connectivity index (χ4v) is 3.31. The zero-order valence-electron chi connectivity index (χ0n) is 18.4. The van der Waals surface area contributed by atoms with Crippen LogP contribution in [0.3, 0.4) is 0 Å². The summed E-state index contributed by atoms with van der Waals surface area (Å²) < 4.78 is 11.4. The minimum atomic E-state index is -0.989. The number of hydrogen-bond donors (Lipinski definition) is 1. The van der Waals surface area contributed by atoms with E-state index in [2.05, 4.69) is 5.32 Å². The molecule has 9 heteroatoms. The van der Waals surface area contributed by atoms with E-state index in [1.807, 2.05) is 32.0 Å². The maximum Gasteiger partial charge on any atom is 0.420 e. The van der Waals surface area contributed by atoms with Crippen LogP contribution in [-0.2, 0) is 19.1 Å². The van der Waals surface area contributed by atoms with Gasteiger partial charge < -0.3 is 19.4 Å². The second kappa shape index (κ2) is 9.51. The fourth-order valence-electron chi connectivity index (χ4n) is 3.31. The molecule has 0 fully saturated rings. The Morgan fingerprint density at radius 3 is 2.44 bits per heavy atom. The number of likely N-dealkylation sites (N-methyl/N-ethyl adjacent to an activating group) is 1. The molecular weight excluding hydrogens is 414 g/mol. The Hall–Kier alpha value is -3.88. The maximum atomic E-state index is 12.4. The van der Waals surface area contributed by atoms with Crippen LogP contribution in [0.2, 0.25) is 0 Å². The van der Waals surface area contributed by atoms with Gasteiger partial charge in [0, 0.05) is 12.7 Å². The maximum absolute atomic E-state index is 12.4. The number of oxazole rings is 1. The molecule has 2 amide bonds. The average Bonchev–Trinajstić information content (AvgIpc) is 3.09. The summed E-state index contributed by atoms with van der Waals surface area (Å²) in [6.45, 7) is 4.49. The molecule has 0 saturated heterocycles. The fraction of sp³-hybridized carbons (Fsp3) is 0.304. The first-order valence-corrected chi connectivity index (χ1v) is 10.1. The first kappa shape index (κ1) is 22.8. The van der Waals surface area contributed by atoms with Gasteiger partial charge in [-0.2, -0.15) is 0 Å². The molecule has 3 aromatic rings. The average molecular weight is 439 g/mol. The van der Waals surface area contributed by atoms with Crippen LogP contribution in [0.25, 0.3) is 11.1 Å². The largest absolute Gasteiger partial charge is 0.454 e. The first-order chi connectivity index (χ1) is 15.2. The lowest BCUT2D eigenvalue weighted by Crippen LogP contribution is -2.38. The van der Waals surface area contributed by atoms with Crippen LogP contribution in [-0.4, -0.2) is 47.4 Å². The smallest absolute Gasteiger partial charge is 0.420 e. The van der Waals surface area contributed by atoms with Gasteiger partial charge in [-0.15, -0.1) is 0 Å². The number of ether oxygens (including phenoxy) is 1. The van der Waals surface area contributed by atoms with Gasteiger partial charge in [0.1, 0.15) is 6.04 Å². The number of nitrogens with one attached hydrogen (secondary N) is 1. The van der Waals surface area contributed by atoms with Crippen molar-refractivity contribution in [3.63, 3.8) is 0 Å². The van der Waals surface area contributed by atoms with Gasteiger partial charge in [-0.1, -0.05) is 30.3 Å². The molecule has 0 saturated carbocycles. The number of carbonyl (C=O) groups excluding carboxylic acids is 3. The predicted octanol–water partition coefficient (Wildman–Crippen LogP) is 2.41. The molecule has 1 unspecified atom stereocenters.